The minimum absolute atomic E-state index is 0.245. The summed E-state index contributed by atoms with van der Waals surface area (Å²) in [7, 11) is -3.15. The number of rotatable bonds is 6. The van der Waals surface area contributed by atoms with Crippen molar-refractivity contribution in [2.45, 2.75) is 13.3 Å². The highest BCUT2D eigenvalue weighted by Gasteiger charge is 2.27. The summed E-state index contributed by atoms with van der Waals surface area (Å²) in [6.45, 7) is 8.93. The van der Waals surface area contributed by atoms with Gasteiger partial charge >= 0.3 is 0 Å². The molecule has 0 aromatic heterocycles. The molecule has 6 nitrogen and oxygen atoms in total. The van der Waals surface area contributed by atoms with E-state index in [1.165, 1.54) is 11.3 Å². The second kappa shape index (κ2) is 8.49. The molecule has 0 bridgehead atoms. The molecule has 2 fully saturated rings. The zero-order valence-electron chi connectivity index (χ0n) is 15.1. The lowest BCUT2D eigenvalue weighted by atomic mass is 10.2. The van der Waals surface area contributed by atoms with Crippen LogP contribution < -0.4 is 4.90 Å². The van der Waals surface area contributed by atoms with E-state index in [4.69, 9.17) is 4.74 Å². The summed E-state index contributed by atoms with van der Waals surface area (Å²) < 4.78 is 32.2. The van der Waals surface area contributed by atoms with Crippen LogP contribution in [0.1, 0.15) is 12.0 Å². The normalized spacial score (nSPS) is 20.8. The Kier molecular flexibility index (Phi) is 6.33. The molecule has 0 atom stereocenters. The van der Waals surface area contributed by atoms with Crippen molar-refractivity contribution in [1.29, 1.82) is 0 Å². The topological polar surface area (TPSA) is 53.1 Å². The molecule has 25 heavy (non-hydrogen) atoms. The van der Waals surface area contributed by atoms with Crippen molar-refractivity contribution in [3.8, 4) is 0 Å². The number of hydrogen-bond acceptors (Lipinski definition) is 5. The molecule has 1 aromatic rings. The first kappa shape index (κ1) is 18.6. The minimum Gasteiger partial charge on any atom is -0.379 e. The molecule has 140 valence electrons. The standard InChI is InChI=1S/C18H29N3O3S/c1-17-4-2-5-18(16-17)20-7-9-21(10-8-20)25(22,23)15-3-6-19-11-13-24-14-12-19/h2,4-5,16H,3,6-15H2,1H3. The second-order valence-electron chi connectivity index (χ2n) is 6.85. The summed E-state index contributed by atoms with van der Waals surface area (Å²) in [5.41, 5.74) is 2.42. The van der Waals surface area contributed by atoms with Gasteiger partial charge in [-0.2, -0.15) is 4.31 Å². The van der Waals surface area contributed by atoms with Crippen LogP contribution in [0.15, 0.2) is 24.3 Å². The van der Waals surface area contributed by atoms with E-state index in [0.29, 0.717) is 19.5 Å². The maximum absolute atomic E-state index is 12.6. The van der Waals surface area contributed by atoms with Gasteiger partial charge in [-0.1, -0.05) is 12.1 Å². The zero-order chi connectivity index (χ0) is 17.7. The molecular weight excluding hydrogens is 338 g/mol. The molecule has 0 radical (unpaired) electrons. The van der Waals surface area contributed by atoms with Gasteiger partial charge in [-0.15, -0.1) is 0 Å². The highest BCUT2D eigenvalue weighted by atomic mass is 32.2. The lowest BCUT2D eigenvalue weighted by Gasteiger charge is -2.35. The Balaban J connectivity index is 1.46. The molecule has 0 amide bonds. The van der Waals surface area contributed by atoms with Crippen molar-refractivity contribution < 1.29 is 13.2 Å². The fourth-order valence-electron chi connectivity index (χ4n) is 3.47. The summed E-state index contributed by atoms with van der Waals surface area (Å²) in [6, 6.07) is 8.39. The number of hydrogen-bond donors (Lipinski definition) is 0. The van der Waals surface area contributed by atoms with E-state index in [0.717, 1.165) is 45.9 Å². The van der Waals surface area contributed by atoms with Gasteiger partial charge in [0.2, 0.25) is 10.0 Å². The molecule has 3 rings (SSSR count). The molecule has 0 aliphatic carbocycles. The van der Waals surface area contributed by atoms with Crippen LogP contribution in [0.3, 0.4) is 0 Å². The minimum atomic E-state index is -3.15. The van der Waals surface area contributed by atoms with Gasteiger partial charge < -0.3 is 9.64 Å². The Morgan fingerprint density at radius 3 is 2.44 bits per heavy atom. The highest BCUT2D eigenvalue weighted by molar-refractivity contribution is 7.89. The van der Waals surface area contributed by atoms with Crippen LogP contribution in [0.2, 0.25) is 0 Å². The number of anilines is 1. The third-order valence-electron chi connectivity index (χ3n) is 4.98. The molecule has 2 aliphatic heterocycles. The van der Waals surface area contributed by atoms with Gasteiger partial charge in [0.15, 0.2) is 0 Å². The van der Waals surface area contributed by atoms with E-state index in [1.54, 1.807) is 4.31 Å². The fourth-order valence-corrected chi connectivity index (χ4v) is 4.95. The van der Waals surface area contributed by atoms with Crippen LogP contribution in [-0.4, -0.2) is 82.4 Å². The predicted molar refractivity (Wildman–Crippen MR) is 101 cm³/mol. The summed E-state index contributed by atoms with van der Waals surface area (Å²) in [5, 5.41) is 0. The molecule has 0 spiro atoms. The first-order valence-electron chi connectivity index (χ1n) is 9.14. The molecule has 1 aromatic carbocycles. The third kappa shape index (κ3) is 5.17. The maximum Gasteiger partial charge on any atom is 0.214 e. The van der Waals surface area contributed by atoms with E-state index in [2.05, 4.69) is 41.0 Å². The molecule has 2 heterocycles. The van der Waals surface area contributed by atoms with E-state index in [1.807, 2.05) is 0 Å². The summed E-state index contributed by atoms with van der Waals surface area (Å²) in [5.74, 6) is 0.245. The fraction of sp³-hybridized carbons (Fsp3) is 0.667. The number of aryl methyl sites for hydroxylation is 1. The van der Waals surface area contributed by atoms with E-state index >= 15 is 0 Å². The average molecular weight is 368 g/mol. The Labute approximate surface area is 151 Å². The quantitative estimate of drug-likeness (QED) is 0.755. The zero-order valence-corrected chi connectivity index (χ0v) is 15.9. The Hall–Kier alpha value is -1.15. The molecular formula is C18H29N3O3S. The number of morpholine rings is 1. The molecule has 0 unspecified atom stereocenters. The van der Waals surface area contributed by atoms with Crippen molar-refractivity contribution in [3.05, 3.63) is 29.8 Å². The van der Waals surface area contributed by atoms with Gasteiger partial charge in [0.1, 0.15) is 0 Å². The monoisotopic (exact) mass is 367 g/mol. The number of benzene rings is 1. The van der Waals surface area contributed by atoms with Crippen molar-refractivity contribution >= 4 is 15.7 Å². The van der Waals surface area contributed by atoms with Crippen molar-refractivity contribution in [2.24, 2.45) is 0 Å². The average Bonchev–Trinajstić information content (AvgIpc) is 2.63. The Morgan fingerprint density at radius 1 is 1.04 bits per heavy atom. The van der Waals surface area contributed by atoms with Gasteiger partial charge in [-0.25, -0.2) is 8.42 Å². The van der Waals surface area contributed by atoms with E-state index in [-0.39, 0.29) is 5.75 Å². The summed E-state index contributed by atoms with van der Waals surface area (Å²) in [6.07, 6.45) is 0.695. The first-order valence-corrected chi connectivity index (χ1v) is 10.7. The van der Waals surface area contributed by atoms with Gasteiger partial charge in [-0.3, -0.25) is 4.90 Å². The lowest BCUT2D eigenvalue weighted by Crippen LogP contribution is -2.49. The van der Waals surface area contributed by atoms with Crippen LogP contribution >= 0.6 is 0 Å². The SMILES string of the molecule is Cc1cccc(N2CCN(S(=O)(=O)CCCN3CCOCC3)CC2)c1. The highest BCUT2D eigenvalue weighted by Crippen LogP contribution is 2.19. The first-order chi connectivity index (χ1) is 12.0. The molecule has 0 N–H and O–H groups in total. The molecule has 7 heteroatoms. The van der Waals surface area contributed by atoms with E-state index < -0.39 is 10.0 Å². The van der Waals surface area contributed by atoms with Crippen LogP contribution in [0, 0.1) is 6.92 Å². The third-order valence-corrected chi connectivity index (χ3v) is 6.94. The Bertz CT molecular complexity index is 651. The maximum atomic E-state index is 12.6. The summed E-state index contributed by atoms with van der Waals surface area (Å²) >= 11 is 0. The second-order valence-corrected chi connectivity index (χ2v) is 8.94. The van der Waals surface area contributed by atoms with Gasteiger partial charge in [-0.05, 0) is 37.6 Å². The predicted octanol–water partition coefficient (Wildman–Crippen LogP) is 1.17. The molecule has 2 aliphatic rings. The van der Waals surface area contributed by atoms with Gasteiger partial charge in [0.05, 0.1) is 19.0 Å². The van der Waals surface area contributed by atoms with E-state index in [9.17, 15) is 8.42 Å². The van der Waals surface area contributed by atoms with Crippen LogP contribution in [-0.2, 0) is 14.8 Å². The summed E-state index contributed by atoms with van der Waals surface area (Å²) in [4.78, 5) is 4.56. The van der Waals surface area contributed by atoms with Gasteiger partial charge in [0.25, 0.3) is 0 Å². The molecule has 2 saturated heterocycles. The van der Waals surface area contributed by atoms with Crippen LogP contribution in [0.4, 0.5) is 5.69 Å². The molecule has 0 saturated carbocycles. The number of piperazine rings is 1. The number of ether oxygens (including phenoxy) is 1. The largest absolute Gasteiger partial charge is 0.379 e. The smallest absolute Gasteiger partial charge is 0.214 e. The number of sulfonamides is 1. The van der Waals surface area contributed by atoms with Crippen LogP contribution in [0.5, 0.6) is 0 Å². The van der Waals surface area contributed by atoms with Crippen molar-refractivity contribution in [1.82, 2.24) is 9.21 Å². The lowest BCUT2D eigenvalue weighted by molar-refractivity contribution is 0.0380. The van der Waals surface area contributed by atoms with Crippen molar-refractivity contribution in [3.63, 3.8) is 0 Å². The Morgan fingerprint density at radius 2 is 1.76 bits per heavy atom. The van der Waals surface area contributed by atoms with Gasteiger partial charge in [0, 0.05) is 45.0 Å². The number of nitrogens with zero attached hydrogens (tertiary/aromatic N) is 3. The van der Waals surface area contributed by atoms with Crippen molar-refractivity contribution in [2.75, 3.05) is 69.7 Å². The van der Waals surface area contributed by atoms with Crippen LogP contribution in [0.25, 0.3) is 0 Å².